The van der Waals surface area contributed by atoms with E-state index in [-0.39, 0.29) is 0 Å². The number of hydrogen-bond acceptors (Lipinski definition) is 5. The van der Waals surface area contributed by atoms with Crippen LogP contribution in [0.25, 0.3) is 11.5 Å². The molecule has 0 N–H and O–H groups in total. The van der Waals surface area contributed by atoms with Crippen LogP contribution in [0.2, 0.25) is 0 Å². The molecule has 1 aromatic carbocycles. The van der Waals surface area contributed by atoms with Gasteiger partial charge in [0, 0.05) is 25.5 Å². The second kappa shape index (κ2) is 6.30. The molecule has 1 atom stereocenters. The lowest BCUT2D eigenvalue weighted by Gasteiger charge is -2.14. The summed E-state index contributed by atoms with van der Waals surface area (Å²) in [5.41, 5.74) is 2.21. The molecule has 4 rings (SSSR count). The standard InChI is InChI=1S/C18H18N4O/c1-2-5-14(6-3-1)12-22-10-8-16(13-22)18-21-20-17(23-18)15-7-4-9-19-11-15/h1-7,9,11,16H,8,10,12-13H2. The predicted molar refractivity (Wildman–Crippen MR) is 86.6 cm³/mol. The van der Waals surface area contributed by atoms with Crippen molar-refractivity contribution in [2.45, 2.75) is 18.9 Å². The number of hydrogen-bond donors (Lipinski definition) is 0. The minimum Gasteiger partial charge on any atom is -0.420 e. The van der Waals surface area contributed by atoms with Crippen molar-refractivity contribution in [3.63, 3.8) is 0 Å². The zero-order valence-electron chi connectivity index (χ0n) is 12.8. The fourth-order valence-corrected chi connectivity index (χ4v) is 3.02. The summed E-state index contributed by atoms with van der Waals surface area (Å²) >= 11 is 0. The summed E-state index contributed by atoms with van der Waals surface area (Å²) in [5.74, 6) is 1.60. The van der Waals surface area contributed by atoms with Crippen LogP contribution < -0.4 is 0 Å². The minimum atomic E-state index is 0.316. The van der Waals surface area contributed by atoms with E-state index >= 15 is 0 Å². The van der Waals surface area contributed by atoms with Gasteiger partial charge in [0.1, 0.15) is 0 Å². The van der Waals surface area contributed by atoms with E-state index in [4.69, 9.17) is 4.42 Å². The molecule has 5 nitrogen and oxygen atoms in total. The van der Waals surface area contributed by atoms with Gasteiger partial charge in [-0.15, -0.1) is 10.2 Å². The van der Waals surface area contributed by atoms with Gasteiger partial charge in [-0.05, 0) is 30.7 Å². The molecule has 1 aliphatic rings. The van der Waals surface area contributed by atoms with E-state index in [9.17, 15) is 0 Å². The highest BCUT2D eigenvalue weighted by Crippen LogP contribution is 2.29. The van der Waals surface area contributed by atoms with E-state index < -0.39 is 0 Å². The summed E-state index contributed by atoms with van der Waals surface area (Å²) in [6.45, 7) is 2.99. The third-order valence-corrected chi connectivity index (χ3v) is 4.22. The highest BCUT2D eigenvalue weighted by molar-refractivity contribution is 5.50. The first kappa shape index (κ1) is 14.1. The van der Waals surface area contributed by atoms with Gasteiger partial charge >= 0.3 is 0 Å². The van der Waals surface area contributed by atoms with Crippen LogP contribution in [0.4, 0.5) is 0 Å². The van der Waals surface area contributed by atoms with E-state index in [1.807, 2.05) is 12.1 Å². The maximum absolute atomic E-state index is 5.86. The molecule has 0 radical (unpaired) electrons. The van der Waals surface area contributed by atoms with E-state index in [2.05, 4.69) is 50.4 Å². The van der Waals surface area contributed by atoms with Crippen LogP contribution in [0.15, 0.2) is 59.3 Å². The van der Waals surface area contributed by atoms with Crippen molar-refractivity contribution in [2.24, 2.45) is 0 Å². The van der Waals surface area contributed by atoms with Crippen LogP contribution in [0.3, 0.4) is 0 Å². The van der Waals surface area contributed by atoms with E-state index in [0.717, 1.165) is 37.5 Å². The molecule has 1 unspecified atom stereocenters. The Morgan fingerprint density at radius 3 is 2.83 bits per heavy atom. The first-order valence-corrected chi connectivity index (χ1v) is 7.88. The Morgan fingerprint density at radius 2 is 2.00 bits per heavy atom. The maximum atomic E-state index is 5.86. The molecule has 0 spiro atoms. The van der Waals surface area contributed by atoms with Crippen LogP contribution in [0.1, 0.15) is 23.8 Å². The summed E-state index contributed by atoms with van der Waals surface area (Å²) in [6.07, 6.45) is 4.54. The largest absolute Gasteiger partial charge is 0.420 e. The quantitative estimate of drug-likeness (QED) is 0.741. The number of pyridine rings is 1. The lowest BCUT2D eigenvalue weighted by atomic mass is 10.1. The molecule has 0 amide bonds. The monoisotopic (exact) mass is 306 g/mol. The Kier molecular flexibility index (Phi) is 3.86. The number of rotatable bonds is 4. The highest BCUT2D eigenvalue weighted by atomic mass is 16.4. The number of benzene rings is 1. The summed E-state index contributed by atoms with van der Waals surface area (Å²) in [6, 6.07) is 14.4. The van der Waals surface area contributed by atoms with Crippen LogP contribution in [0.5, 0.6) is 0 Å². The van der Waals surface area contributed by atoms with Gasteiger partial charge in [-0.1, -0.05) is 30.3 Å². The third kappa shape index (κ3) is 3.14. The normalized spacial score (nSPS) is 18.3. The average molecular weight is 306 g/mol. The Morgan fingerprint density at radius 1 is 1.09 bits per heavy atom. The van der Waals surface area contributed by atoms with Crippen LogP contribution in [-0.2, 0) is 6.54 Å². The van der Waals surface area contributed by atoms with E-state index in [1.165, 1.54) is 5.56 Å². The second-order valence-corrected chi connectivity index (χ2v) is 5.89. The van der Waals surface area contributed by atoms with Crippen molar-refractivity contribution in [1.82, 2.24) is 20.1 Å². The Bertz CT molecular complexity index is 757. The summed E-state index contributed by atoms with van der Waals surface area (Å²) < 4.78 is 5.86. The van der Waals surface area contributed by atoms with Crippen molar-refractivity contribution in [3.8, 4) is 11.5 Å². The fourth-order valence-electron chi connectivity index (χ4n) is 3.02. The van der Waals surface area contributed by atoms with Gasteiger partial charge in [-0.25, -0.2) is 0 Å². The van der Waals surface area contributed by atoms with Gasteiger partial charge in [0.05, 0.1) is 11.5 Å². The van der Waals surface area contributed by atoms with Gasteiger partial charge in [-0.2, -0.15) is 0 Å². The molecule has 2 aromatic heterocycles. The average Bonchev–Trinajstić information content (AvgIpc) is 3.26. The van der Waals surface area contributed by atoms with Gasteiger partial charge in [-0.3, -0.25) is 9.88 Å². The molecule has 1 fully saturated rings. The van der Waals surface area contributed by atoms with E-state index in [1.54, 1.807) is 12.4 Å². The lowest BCUT2D eigenvalue weighted by molar-refractivity contribution is 0.320. The highest BCUT2D eigenvalue weighted by Gasteiger charge is 2.28. The van der Waals surface area contributed by atoms with Crippen LogP contribution >= 0.6 is 0 Å². The van der Waals surface area contributed by atoms with Crippen LogP contribution in [-0.4, -0.2) is 33.2 Å². The lowest BCUT2D eigenvalue weighted by Crippen LogP contribution is -2.19. The summed E-state index contributed by atoms with van der Waals surface area (Å²) in [5, 5.41) is 8.41. The number of aromatic nitrogens is 3. The molecule has 0 bridgehead atoms. The SMILES string of the molecule is c1ccc(CN2CCC(c3nnc(-c4cccnc4)o3)C2)cc1. The molecule has 0 saturated carbocycles. The molecule has 3 heterocycles. The van der Waals surface area contributed by atoms with Crippen molar-refractivity contribution in [1.29, 1.82) is 0 Å². The molecule has 23 heavy (non-hydrogen) atoms. The van der Waals surface area contributed by atoms with Crippen LogP contribution in [0, 0.1) is 0 Å². The first-order chi connectivity index (χ1) is 11.4. The van der Waals surface area contributed by atoms with Gasteiger partial charge in [0.2, 0.25) is 11.8 Å². The molecule has 3 aromatic rings. The fraction of sp³-hybridized carbons (Fsp3) is 0.278. The van der Waals surface area contributed by atoms with Gasteiger partial charge in [0.15, 0.2) is 0 Å². The minimum absolute atomic E-state index is 0.316. The van der Waals surface area contributed by atoms with E-state index in [0.29, 0.717) is 11.8 Å². The number of likely N-dealkylation sites (tertiary alicyclic amines) is 1. The predicted octanol–water partition coefficient (Wildman–Crippen LogP) is 3.12. The van der Waals surface area contributed by atoms with Crippen molar-refractivity contribution in [2.75, 3.05) is 13.1 Å². The van der Waals surface area contributed by atoms with Crippen molar-refractivity contribution < 1.29 is 4.42 Å². The molecule has 116 valence electrons. The third-order valence-electron chi connectivity index (χ3n) is 4.22. The van der Waals surface area contributed by atoms with Gasteiger partial charge in [0.25, 0.3) is 0 Å². The van der Waals surface area contributed by atoms with Crippen molar-refractivity contribution >= 4 is 0 Å². The zero-order valence-corrected chi connectivity index (χ0v) is 12.8. The van der Waals surface area contributed by atoms with Gasteiger partial charge < -0.3 is 4.42 Å². The molecular weight excluding hydrogens is 288 g/mol. The zero-order chi connectivity index (χ0) is 15.5. The topological polar surface area (TPSA) is 55.1 Å². The molecule has 1 saturated heterocycles. The first-order valence-electron chi connectivity index (χ1n) is 7.88. The smallest absolute Gasteiger partial charge is 0.249 e. The molecule has 1 aliphatic heterocycles. The maximum Gasteiger partial charge on any atom is 0.249 e. The number of nitrogens with zero attached hydrogens (tertiary/aromatic N) is 4. The molecule has 0 aliphatic carbocycles. The molecule has 5 heteroatoms. The Labute approximate surface area is 135 Å². The Hall–Kier alpha value is -2.53. The molecular formula is C18H18N4O. The summed E-state index contributed by atoms with van der Waals surface area (Å²) in [4.78, 5) is 6.53. The van der Waals surface area contributed by atoms with Crippen molar-refractivity contribution in [3.05, 3.63) is 66.3 Å². The Balaban J connectivity index is 1.43. The second-order valence-electron chi connectivity index (χ2n) is 5.89. The summed E-state index contributed by atoms with van der Waals surface area (Å²) in [7, 11) is 0.